The summed E-state index contributed by atoms with van der Waals surface area (Å²) in [5.41, 5.74) is 8.29. The van der Waals surface area contributed by atoms with Gasteiger partial charge in [0.15, 0.2) is 6.23 Å². The molecule has 0 spiro atoms. The van der Waals surface area contributed by atoms with Crippen molar-refractivity contribution in [2.24, 2.45) is 5.92 Å². The van der Waals surface area contributed by atoms with Crippen LogP contribution in [-0.2, 0) is 11.2 Å². The molecule has 164 valence electrons. The van der Waals surface area contributed by atoms with Crippen LogP contribution in [0.25, 0.3) is 21.9 Å². The maximum Gasteiger partial charge on any atom is 0.164 e. The lowest BCUT2D eigenvalue weighted by atomic mass is 9.90. The second kappa shape index (κ2) is 6.96. The Bertz CT molecular complexity index is 1340. The second-order valence-corrected chi connectivity index (χ2v) is 9.03. The van der Waals surface area contributed by atoms with Crippen molar-refractivity contribution in [3.05, 3.63) is 60.2 Å². The number of anilines is 1. The van der Waals surface area contributed by atoms with Crippen LogP contribution in [0.2, 0.25) is 0 Å². The Balaban J connectivity index is 1.32. The predicted octanol–water partition coefficient (Wildman–Crippen LogP) is 2.51. The monoisotopic (exact) mass is 431 g/mol. The predicted molar refractivity (Wildman–Crippen MR) is 120 cm³/mol. The highest BCUT2D eigenvalue weighted by Gasteiger charge is 2.61. The van der Waals surface area contributed by atoms with Crippen molar-refractivity contribution in [2.75, 3.05) is 5.73 Å². The Hall–Kier alpha value is -3.07. The number of aliphatic hydroxyl groups excluding tert-OH is 1. The zero-order valence-corrected chi connectivity index (χ0v) is 17.7. The van der Waals surface area contributed by atoms with Crippen LogP contribution in [0.1, 0.15) is 30.3 Å². The fraction of sp³-hybridized carbons (Fsp3) is 0.375. The molecule has 2 aliphatic rings. The van der Waals surface area contributed by atoms with Gasteiger partial charge in [0.05, 0.1) is 17.3 Å². The fourth-order valence-electron chi connectivity index (χ4n) is 5.49. The first-order valence-corrected chi connectivity index (χ1v) is 10.9. The molecule has 0 bridgehead atoms. The first-order valence-electron chi connectivity index (χ1n) is 10.9. The lowest BCUT2D eigenvalue weighted by molar-refractivity contribution is -0.0675. The molecule has 6 rings (SSSR count). The number of hydrogen-bond donors (Lipinski definition) is 3. The summed E-state index contributed by atoms with van der Waals surface area (Å²) in [6, 6.07) is 11.9. The number of nitrogens with zero attached hydrogens (tertiary/aromatic N) is 4. The summed E-state index contributed by atoms with van der Waals surface area (Å²) < 4.78 is 8.15. The number of benzene rings is 1. The van der Waals surface area contributed by atoms with Crippen LogP contribution in [0.15, 0.2) is 48.9 Å². The molecule has 4 N–H and O–H groups in total. The first kappa shape index (κ1) is 19.6. The Kier molecular flexibility index (Phi) is 4.27. The first-order chi connectivity index (χ1) is 15.5. The summed E-state index contributed by atoms with van der Waals surface area (Å²) in [6.07, 6.45) is 2.90. The van der Waals surface area contributed by atoms with Crippen LogP contribution in [-0.4, -0.2) is 47.5 Å². The quantitative estimate of drug-likeness (QED) is 0.456. The number of fused-ring (bicyclic) bond motifs is 3. The van der Waals surface area contributed by atoms with Crippen LogP contribution in [0.5, 0.6) is 0 Å². The van der Waals surface area contributed by atoms with Crippen LogP contribution in [0.3, 0.4) is 0 Å². The average molecular weight is 431 g/mol. The van der Waals surface area contributed by atoms with E-state index < -0.39 is 24.0 Å². The number of ether oxygens (including phenoxy) is 1. The van der Waals surface area contributed by atoms with E-state index in [-0.39, 0.29) is 5.92 Å². The number of aromatic nitrogens is 4. The lowest BCUT2D eigenvalue weighted by Crippen LogP contribution is -2.45. The Morgan fingerprint density at radius 1 is 1.25 bits per heavy atom. The largest absolute Gasteiger partial charge is 0.385 e. The molecular formula is C24H25N5O3. The van der Waals surface area contributed by atoms with E-state index in [1.807, 2.05) is 43.5 Å². The normalized spacial score (nSPS) is 29.7. The van der Waals surface area contributed by atoms with E-state index in [1.54, 1.807) is 4.57 Å². The molecule has 8 nitrogen and oxygen atoms in total. The average Bonchev–Trinajstić information content (AvgIpc) is 3.42. The minimum atomic E-state index is -1.31. The molecule has 1 aliphatic heterocycles. The molecule has 0 amide bonds. The number of aliphatic hydroxyl groups is 2. The molecule has 1 aliphatic carbocycles. The van der Waals surface area contributed by atoms with E-state index in [2.05, 4.69) is 21.0 Å². The molecule has 2 fully saturated rings. The summed E-state index contributed by atoms with van der Waals surface area (Å²) in [5.74, 6) is 0.515. The molecule has 1 saturated heterocycles. The fourth-order valence-corrected chi connectivity index (χ4v) is 5.49. The highest BCUT2D eigenvalue weighted by Crippen LogP contribution is 2.50. The third kappa shape index (κ3) is 2.76. The summed E-state index contributed by atoms with van der Waals surface area (Å²) in [6.45, 7) is 1.92. The smallest absolute Gasteiger partial charge is 0.164 e. The van der Waals surface area contributed by atoms with E-state index in [1.165, 1.54) is 6.33 Å². The van der Waals surface area contributed by atoms with Crippen molar-refractivity contribution in [3.63, 3.8) is 0 Å². The summed E-state index contributed by atoms with van der Waals surface area (Å²) >= 11 is 0. The van der Waals surface area contributed by atoms with E-state index in [9.17, 15) is 10.2 Å². The van der Waals surface area contributed by atoms with Crippen molar-refractivity contribution >= 4 is 27.8 Å². The van der Waals surface area contributed by atoms with Gasteiger partial charge in [0.25, 0.3) is 0 Å². The van der Waals surface area contributed by atoms with Gasteiger partial charge >= 0.3 is 0 Å². The van der Waals surface area contributed by atoms with Crippen LogP contribution >= 0.6 is 0 Å². The van der Waals surface area contributed by atoms with Gasteiger partial charge in [-0.05, 0) is 55.9 Å². The number of nitrogens with two attached hydrogens (primary N) is 1. The number of hydrogen-bond acceptors (Lipinski definition) is 7. The molecule has 5 atom stereocenters. The second-order valence-electron chi connectivity index (χ2n) is 9.03. The van der Waals surface area contributed by atoms with Gasteiger partial charge in [0.2, 0.25) is 0 Å². The van der Waals surface area contributed by atoms with Gasteiger partial charge in [-0.3, -0.25) is 0 Å². The zero-order chi connectivity index (χ0) is 22.0. The van der Waals surface area contributed by atoms with E-state index >= 15 is 0 Å². The van der Waals surface area contributed by atoms with Gasteiger partial charge in [-0.1, -0.05) is 18.2 Å². The van der Waals surface area contributed by atoms with E-state index in [4.69, 9.17) is 10.5 Å². The lowest BCUT2D eigenvalue weighted by Gasteiger charge is -2.26. The zero-order valence-electron chi connectivity index (χ0n) is 17.7. The molecule has 4 aromatic rings. The number of aryl methyl sites for hydroxylation is 1. The number of para-hydroxylation sites is 1. The van der Waals surface area contributed by atoms with E-state index in [0.29, 0.717) is 24.3 Å². The van der Waals surface area contributed by atoms with Gasteiger partial charge < -0.3 is 25.3 Å². The third-order valence-electron chi connectivity index (χ3n) is 7.21. The number of nitrogen functional groups attached to an aromatic ring is 1. The van der Waals surface area contributed by atoms with E-state index in [0.717, 1.165) is 34.0 Å². The molecule has 0 unspecified atom stereocenters. The molecule has 1 aromatic carbocycles. The highest BCUT2D eigenvalue weighted by molar-refractivity contribution is 5.81. The summed E-state index contributed by atoms with van der Waals surface area (Å²) in [5, 5.41) is 24.5. The minimum Gasteiger partial charge on any atom is -0.385 e. The van der Waals surface area contributed by atoms with Crippen molar-refractivity contribution in [3.8, 4) is 0 Å². The topological polar surface area (TPSA) is 119 Å². The van der Waals surface area contributed by atoms with Crippen LogP contribution in [0.4, 0.5) is 5.82 Å². The van der Waals surface area contributed by atoms with Crippen molar-refractivity contribution < 1.29 is 14.9 Å². The molecule has 0 radical (unpaired) electrons. The minimum absolute atomic E-state index is 0.0168. The Labute approximate surface area is 184 Å². The number of pyridine rings is 1. The van der Waals surface area contributed by atoms with Crippen LogP contribution < -0.4 is 5.73 Å². The molecule has 4 heterocycles. The summed E-state index contributed by atoms with van der Waals surface area (Å²) in [4.78, 5) is 13.2. The molecule has 1 saturated carbocycles. The van der Waals surface area contributed by atoms with Crippen molar-refractivity contribution in [1.29, 1.82) is 0 Å². The highest BCUT2D eigenvalue weighted by atomic mass is 16.6. The number of rotatable bonds is 3. The van der Waals surface area contributed by atoms with Gasteiger partial charge in [0.1, 0.15) is 29.5 Å². The van der Waals surface area contributed by atoms with Gasteiger partial charge in [-0.2, -0.15) is 0 Å². The van der Waals surface area contributed by atoms with Gasteiger partial charge in [0, 0.05) is 17.0 Å². The van der Waals surface area contributed by atoms with Gasteiger partial charge in [-0.15, -0.1) is 0 Å². The van der Waals surface area contributed by atoms with Crippen LogP contribution in [0, 0.1) is 12.8 Å². The Morgan fingerprint density at radius 3 is 2.97 bits per heavy atom. The maximum atomic E-state index is 11.4. The SMILES string of the molecule is Cc1ncnc2c1ccn2[C@@H]1O[C@@H]2[C@H](Cc3cc4ccccc4nc3N)CC[C@]2(O)[C@H]1O. The maximum absolute atomic E-state index is 11.4. The molecule has 3 aromatic heterocycles. The summed E-state index contributed by atoms with van der Waals surface area (Å²) in [7, 11) is 0. The molecule has 8 heteroatoms. The molecule has 32 heavy (non-hydrogen) atoms. The van der Waals surface area contributed by atoms with Gasteiger partial charge in [-0.25, -0.2) is 15.0 Å². The third-order valence-corrected chi connectivity index (χ3v) is 7.21. The standard InChI is InChI=1S/C24H25N5O3/c1-13-17-7-9-29(22(17)27-12-26-13)23-19(30)24(31)8-6-15(20(24)32-23)11-16-10-14-4-2-3-5-18(14)28-21(16)25/h2-5,7,9-10,12,15,19-20,23,30-31H,6,8,11H2,1H3,(H2,25,28)/t15-,19-,20+,23+,24-/m0/s1. The Morgan fingerprint density at radius 2 is 2.09 bits per heavy atom. The molecular weight excluding hydrogens is 406 g/mol. The van der Waals surface area contributed by atoms with Crippen molar-refractivity contribution in [2.45, 2.75) is 50.2 Å². The van der Waals surface area contributed by atoms with Crippen molar-refractivity contribution in [1.82, 2.24) is 19.5 Å².